The molecule has 3 aliphatic rings. The summed E-state index contributed by atoms with van der Waals surface area (Å²) in [7, 11) is 0. The number of nitro benzene ring substituents is 1. The van der Waals surface area contributed by atoms with Gasteiger partial charge < -0.3 is 5.32 Å². The van der Waals surface area contributed by atoms with Crippen LogP contribution in [0, 0.1) is 33.8 Å². The number of nitro groups is 1. The standard InChI is InChI=1S/C24H21N3O5/c28-22(25-17-7-4-8-18(13-17)27(31)32)19(11-14-5-2-1-3-6-14)26-23(29)20-15-9-10-16(12-15)21(20)24(26)30/h1-10,13,15-16,19-21H,11-12H2,(H,25,28)/t15-,16+,19-,20-,21+/m1/s1. The second-order valence-corrected chi connectivity index (χ2v) is 8.55. The summed E-state index contributed by atoms with van der Waals surface area (Å²) in [4.78, 5) is 51.6. The van der Waals surface area contributed by atoms with E-state index in [-0.39, 0.29) is 41.4 Å². The molecular formula is C24H21N3O5. The lowest BCUT2D eigenvalue weighted by Crippen LogP contribution is -2.49. The van der Waals surface area contributed by atoms with E-state index in [2.05, 4.69) is 5.32 Å². The summed E-state index contributed by atoms with van der Waals surface area (Å²) in [5, 5.41) is 13.8. The molecule has 1 N–H and O–H groups in total. The number of rotatable bonds is 6. The SMILES string of the molecule is O=C(Nc1cccc([N+](=O)[O-])c1)[C@@H](Cc1ccccc1)N1C(=O)[C@@H]2[C@H](C1=O)[C@@H]1C=C[C@H]2C1. The Morgan fingerprint density at radius 1 is 1.03 bits per heavy atom. The molecule has 1 saturated heterocycles. The van der Waals surface area contributed by atoms with Crippen molar-refractivity contribution in [2.75, 3.05) is 5.32 Å². The number of imide groups is 1. The van der Waals surface area contributed by atoms with Crippen molar-refractivity contribution < 1.29 is 19.3 Å². The molecule has 2 fully saturated rings. The number of allylic oxidation sites excluding steroid dienone is 2. The Hall–Kier alpha value is -3.81. The van der Waals surface area contributed by atoms with E-state index in [1.54, 1.807) is 0 Å². The van der Waals surface area contributed by atoms with Crippen molar-refractivity contribution in [2.24, 2.45) is 23.7 Å². The first-order valence-electron chi connectivity index (χ1n) is 10.6. The number of carbonyl (C=O) groups is 3. The van der Waals surface area contributed by atoms with Gasteiger partial charge in [-0.1, -0.05) is 48.6 Å². The van der Waals surface area contributed by atoms with E-state index in [1.165, 1.54) is 24.3 Å². The zero-order chi connectivity index (χ0) is 22.4. The molecule has 1 saturated carbocycles. The molecule has 1 aliphatic heterocycles. The van der Waals surface area contributed by atoms with Gasteiger partial charge in [-0.25, -0.2) is 0 Å². The molecule has 2 bridgehead atoms. The maximum Gasteiger partial charge on any atom is 0.271 e. The predicted octanol–water partition coefficient (Wildman–Crippen LogP) is 2.95. The third-order valence-electron chi connectivity index (χ3n) is 6.72. The number of hydrogen-bond donors (Lipinski definition) is 1. The number of benzene rings is 2. The molecule has 2 aromatic carbocycles. The van der Waals surface area contributed by atoms with E-state index in [1.807, 2.05) is 42.5 Å². The highest BCUT2D eigenvalue weighted by molar-refractivity contribution is 6.11. The van der Waals surface area contributed by atoms with Crippen LogP contribution in [0.15, 0.2) is 66.7 Å². The fraction of sp³-hybridized carbons (Fsp3) is 0.292. The highest BCUT2D eigenvalue weighted by Gasteiger charge is 2.61. The molecule has 5 atom stereocenters. The molecule has 0 spiro atoms. The maximum absolute atomic E-state index is 13.3. The highest BCUT2D eigenvalue weighted by Crippen LogP contribution is 2.53. The van der Waals surface area contributed by atoms with Crippen molar-refractivity contribution in [2.45, 2.75) is 18.9 Å². The van der Waals surface area contributed by atoms with E-state index < -0.39 is 28.7 Å². The molecule has 8 nitrogen and oxygen atoms in total. The number of non-ortho nitro benzene ring substituents is 1. The number of hydrogen-bond acceptors (Lipinski definition) is 5. The summed E-state index contributed by atoms with van der Waals surface area (Å²) < 4.78 is 0. The van der Waals surface area contributed by atoms with Gasteiger partial charge in [-0.05, 0) is 29.9 Å². The van der Waals surface area contributed by atoms with Crippen LogP contribution in [0.3, 0.4) is 0 Å². The van der Waals surface area contributed by atoms with Crippen LogP contribution < -0.4 is 5.32 Å². The van der Waals surface area contributed by atoms with Crippen molar-refractivity contribution in [1.82, 2.24) is 4.90 Å². The lowest BCUT2D eigenvalue weighted by molar-refractivity contribution is -0.384. The lowest BCUT2D eigenvalue weighted by atomic mass is 9.85. The molecule has 2 aliphatic carbocycles. The molecule has 2 aromatic rings. The van der Waals surface area contributed by atoms with Crippen LogP contribution in [-0.2, 0) is 20.8 Å². The second kappa shape index (κ2) is 7.71. The van der Waals surface area contributed by atoms with Gasteiger partial charge in [0.05, 0.1) is 16.8 Å². The van der Waals surface area contributed by atoms with Crippen LogP contribution in [0.5, 0.6) is 0 Å². The normalized spacial score (nSPS) is 26.3. The number of amides is 3. The van der Waals surface area contributed by atoms with Crippen molar-refractivity contribution >= 4 is 29.1 Å². The first-order chi connectivity index (χ1) is 15.4. The Balaban J connectivity index is 1.45. The second-order valence-electron chi connectivity index (χ2n) is 8.55. The van der Waals surface area contributed by atoms with Gasteiger partial charge in [0, 0.05) is 24.2 Å². The van der Waals surface area contributed by atoms with Gasteiger partial charge in [-0.2, -0.15) is 0 Å². The Kier molecular flexibility index (Phi) is 4.84. The van der Waals surface area contributed by atoms with Gasteiger partial charge >= 0.3 is 0 Å². The first-order valence-corrected chi connectivity index (χ1v) is 10.6. The molecule has 5 rings (SSSR count). The van der Waals surface area contributed by atoms with Crippen LogP contribution in [0.1, 0.15) is 12.0 Å². The molecule has 162 valence electrons. The summed E-state index contributed by atoms with van der Waals surface area (Å²) in [6.07, 6.45) is 5.00. The van der Waals surface area contributed by atoms with Crippen molar-refractivity contribution in [3.05, 3.63) is 82.4 Å². The highest BCUT2D eigenvalue weighted by atomic mass is 16.6. The molecule has 0 radical (unpaired) electrons. The lowest BCUT2D eigenvalue weighted by Gasteiger charge is -2.27. The van der Waals surface area contributed by atoms with Crippen LogP contribution in [0.2, 0.25) is 0 Å². The average Bonchev–Trinajstić information content (AvgIpc) is 3.47. The Labute approximate surface area is 184 Å². The van der Waals surface area contributed by atoms with Gasteiger partial charge in [0.2, 0.25) is 17.7 Å². The minimum absolute atomic E-state index is 0.0451. The summed E-state index contributed by atoms with van der Waals surface area (Å²) in [6, 6.07) is 13.7. The van der Waals surface area contributed by atoms with Crippen LogP contribution in [0.25, 0.3) is 0 Å². The first kappa shape index (κ1) is 20.1. The Bertz CT molecular complexity index is 1120. The fourth-order valence-electron chi connectivity index (χ4n) is 5.29. The van der Waals surface area contributed by atoms with Crippen LogP contribution in [0.4, 0.5) is 11.4 Å². The largest absolute Gasteiger partial charge is 0.324 e. The Morgan fingerprint density at radius 2 is 1.69 bits per heavy atom. The summed E-state index contributed by atoms with van der Waals surface area (Å²) in [5.74, 6) is -1.86. The van der Waals surface area contributed by atoms with Crippen LogP contribution >= 0.6 is 0 Å². The van der Waals surface area contributed by atoms with Gasteiger partial charge in [-0.15, -0.1) is 0 Å². The van der Waals surface area contributed by atoms with E-state index in [0.717, 1.165) is 16.9 Å². The molecule has 0 aromatic heterocycles. The third-order valence-corrected chi connectivity index (χ3v) is 6.72. The summed E-state index contributed by atoms with van der Waals surface area (Å²) >= 11 is 0. The minimum atomic E-state index is -1.04. The number of carbonyl (C=O) groups excluding carboxylic acids is 3. The number of anilines is 1. The van der Waals surface area contributed by atoms with E-state index >= 15 is 0 Å². The Morgan fingerprint density at radius 3 is 2.31 bits per heavy atom. The van der Waals surface area contributed by atoms with Crippen molar-refractivity contribution in [3.63, 3.8) is 0 Å². The van der Waals surface area contributed by atoms with E-state index in [9.17, 15) is 24.5 Å². The average molecular weight is 431 g/mol. The molecule has 32 heavy (non-hydrogen) atoms. The smallest absolute Gasteiger partial charge is 0.271 e. The predicted molar refractivity (Wildman–Crippen MR) is 115 cm³/mol. The monoisotopic (exact) mass is 431 g/mol. The van der Waals surface area contributed by atoms with Gasteiger partial charge in [0.15, 0.2) is 0 Å². The van der Waals surface area contributed by atoms with E-state index in [4.69, 9.17) is 0 Å². The quantitative estimate of drug-likeness (QED) is 0.327. The van der Waals surface area contributed by atoms with E-state index in [0.29, 0.717) is 0 Å². The molecule has 0 unspecified atom stereocenters. The number of likely N-dealkylation sites (tertiary alicyclic amines) is 1. The topological polar surface area (TPSA) is 110 Å². The molecular weight excluding hydrogens is 410 g/mol. The number of nitrogens with one attached hydrogen (secondary N) is 1. The minimum Gasteiger partial charge on any atom is -0.324 e. The molecule has 1 heterocycles. The molecule has 8 heteroatoms. The zero-order valence-electron chi connectivity index (χ0n) is 17.1. The number of nitrogens with zero attached hydrogens (tertiary/aromatic N) is 2. The molecule has 3 amide bonds. The van der Waals surface area contributed by atoms with Crippen molar-refractivity contribution in [1.29, 1.82) is 0 Å². The zero-order valence-corrected chi connectivity index (χ0v) is 17.1. The van der Waals surface area contributed by atoms with Gasteiger partial charge in [0.25, 0.3) is 5.69 Å². The summed E-state index contributed by atoms with van der Waals surface area (Å²) in [5.41, 5.74) is 0.890. The van der Waals surface area contributed by atoms with Gasteiger partial charge in [-0.3, -0.25) is 29.4 Å². The fourth-order valence-corrected chi connectivity index (χ4v) is 5.29. The van der Waals surface area contributed by atoms with Crippen molar-refractivity contribution in [3.8, 4) is 0 Å². The maximum atomic E-state index is 13.3. The summed E-state index contributed by atoms with van der Waals surface area (Å²) in [6.45, 7) is 0. The van der Waals surface area contributed by atoms with Gasteiger partial charge in [0.1, 0.15) is 6.04 Å². The number of fused-ring (bicyclic) bond motifs is 5. The third kappa shape index (κ3) is 3.28. The van der Waals surface area contributed by atoms with Crippen LogP contribution in [-0.4, -0.2) is 33.6 Å².